The van der Waals surface area contributed by atoms with Crippen LogP contribution in [0, 0.1) is 5.92 Å². The van der Waals surface area contributed by atoms with Crippen molar-refractivity contribution in [1.82, 2.24) is 5.32 Å². The van der Waals surface area contributed by atoms with Crippen molar-refractivity contribution in [2.45, 2.75) is 38.6 Å². The van der Waals surface area contributed by atoms with Crippen LogP contribution in [-0.2, 0) is 19.1 Å². The number of nitrogens with one attached hydrogen (secondary N) is 2. The van der Waals surface area contributed by atoms with Crippen LogP contribution in [0.1, 0.15) is 48.5 Å². The van der Waals surface area contributed by atoms with E-state index in [9.17, 15) is 24.3 Å². The molecule has 166 valence electrons. The largest absolute Gasteiger partial charge is 0.481 e. The second-order valence-electron chi connectivity index (χ2n) is 7.46. The van der Waals surface area contributed by atoms with Gasteiger partial charge < -0.3 is 20.5 Å². The van der Waals surface area contributed by atoms with Gasteiger partial charge in [-0.05, 0) is 59.0 Å². The summed E-state index contributed by atoms with van der Waals surface area (Å²) in [5, 5.41) is 18.2. The SMILES string of the molecule is COC(=O)c1ccc(NC(=O)C(CC(C)C)NC(=O)C(CC(=O)O)c2ccsc2)cc1. The molecule has 1 aromatic heterocycles. The maximum absolute atomic E-state index is 12.9. The highest BCUT2D eigenvalue weighted by Gasteiger charge is 2.29. The molecule has 0 saturated carbocycles. The molecule has 2 aromatic rings. The first kappa shape index (κ1) is 24.1. The number of rotatable bonds is 10. The number of ether oxygens (including phenoxy) is 1. The van der Waals surface area contributed by atoms with Crippen molar-refractivity contribution < 1.29 is 29.0 Å². The molecule has 1 heterocycles. The minimum Gasteiger partial charge on any atom is -0.481 e. The number of carboxylic acids is 1. The summed E-state index contributed by atoms with van der Waals surface area (Å²) in [4.78, 5) is 48.5. The number of aliphatic carboxylic acids is 1. The summed E-state index contributed by atoms with van der Waals surface area (Å²) >= 11 is 1.37. The highest BCUT2D eigenvalue weighted by atomic mass is 32.1. The molecule has 8 nitrogen and oxygen atoms in total. The average molecular weight is 447 g/mol. The number of hydrogen-bond donors (Lipinski definition) is 3. The molecule has 31 heavy (non-hydrogen) atoms. The molecule has 2 unspecified atom stereocenters. The van der Waals surface area contributed by atoms with Gasteiger partial charge in [-0.15, -0.1) is 0 Å². The van der Waals surface area contributed by atoms with Crippen LogP contribution in [0.5, 0.6) is 0 Å². The van der Waals surface area contributed by atoms with E-state index in [1.165, 1.54) is 30.6 Å². The third-order valence-electron chi connectivity index (χ3n) is 4.55. The van der Waals surface area contributed by atoms with Crippen LogP contribution in [0.4, 0.5) is 5.69 Å². The van der Waals surface area contributed by atoms with Gasteiger partial charge in [-0.25, -0.2) is 4.79 Å². The lowest BCUT2D eigenvalue weighted by atomic mass is 9.96. The molecule has 0 fully saturated rings. The van der Waals surface area contributed by atoms with E-state index < -0.39 is 35.7 Å². The number of anilines is 1. The van der Waals surface area contributed by atoms with E-state index in [1.807, 2.05) is 13.8 Å². The molecule has 9 heteroatoms. The van der Waals surface area contributed by atoms with Crippen molar-refractivity contribution in [1.29, 1.82) is 0 Å². The van der Waals surface area contributed by atoms with Crippen molar-refractivity contribution in [3.63, 3.8) is 0 Å². The van der Waals surface area contributed by atoms with Gasteiger partial charge >= 0.3 is 11.9 Å². The Morgan fingerprint density at radius 1 is 1.06 bits per heavy atom. The summed E-state index contributed by atoms with van der Waals surface area (Å²) in [7, 11) is 1.28. The van der Waals surface area contributed by atoms with Crippen molar-refractivity contribution >= 4 is 40.8 Å². The van der Waals surface area contributed by atoms with Crippen molar-refractivity contribution in [2.24, 2.45) is 5.92 Å². The van der Waals surface area contributed by atoms with Gasteiger partial charge in [-0.1, -0.05) is 13.8 Å². The lowest BCUT2D eigenvalue weighted by Crippen LogP contribution is -2.46. The minimum absolute atomic E-state index is 0.108. The fraction of sp³-hybridized carbons (Fsp3) is 0.364. The van der Waals surface area contributed by atoms with Crippen LogP contribution in [-0.4, -0.2) is 42.0 Å². The molecule has 0 bridgehead atoms. The Morgan fingerprint density at radius 2 is 1.74 bits per heavy atom. The lowest BCUT2D eigenvalue weighted by molar-refractivity contribution is -0.139. The minimum atomic E-state index is -1.10. The third kappa shape index (κ3) is 7.21. The number of methoxy groups -OCH3 is 1. The van der Waals surface area contributed by atoms with Crippen LogP contribution < -0.4 is 10.6 Å². The van der Waals surface area contributed by atoms with Crippen molar-refractivity contribution in [3.05, 3.63) is 52.2 Å². The Morgan fingerprint density at radius 3 is 2.26 bits per heavy atom. The first-order chi connectivity index (χ1) is 14.7. The summed E-state index contributed by atoms with van der Waals surface area (Å²) in [5.41, 5.74) is 1.41. The van der Waals surface area contributed by atoms with Gasteiger partial charge in [-0.2, -0.15) is 11.3 Å². The molecule has 0 radical (unpaired) electrons. The Bertz CT molecular complexity index is 909. The van der Waals surface area contributed by atoms with Gasteiger partial charge in [0.25, 0.3) is 0 Å². The van der Waals surface area contributed by atoms with Gasteiger partial charge in [0.15, 0.2) is 0 Å². The van der Waals surface area contributed by atoms with E-state index in [4.69, 9.17) is 0 Å². The molecule has 2 amide bonds. The first-order valence-electron chi connectivity index (χ1n) is 9.74. The predicted octanol–water partition coefficient (Wildman–Crippen LogP) is 3.26. The zero-order chi connectivity index (χ0) is 23.0. The third-order valence-corrected chi connectivity index (χ3v) is 5.26. The summed E-state index contributed by atoms with van der Waals surface area (Å²) in [6.07, 6.45) is 0.00875. The number of thiophene rings is 1. The Kier molecular flexibility index (Phi) is 8.75. The summed E-state index contributed by atoms with van der Waals surface area (Å²) in [5.74, 6) is -3.29. The number of hydrogen-bond acceptors (Lipinski definition) is 6. The molecule has 0 saturated heterocycles. The molecule has 0 aliphatic heterocycles. The zero-order valence-corrected chi connectivity index (χ0v) is 18.4. The molecular formula is C22H26N2O6S. The van der Waals surface area contributed by atoms with E-state index in [0.29, 0.717) is 23.2 Å². The molecule has 0 aliphatic rings. The fourth-order valence-electron chi connectivity index (χ4n) is 3.02. The van der Waals surface area contributed by atoms with E-state index >= 15 is 0 Å². The maximum Gasteiger partial charge on any atom is 0.337 e. The molecule has 3 N–H and O–H groups in total. The molecule has 0 aliphatic carbocycles. The Labute approximate surface area is 184 Å². The molecule has 1 aromatic carbocycles. The standard InChI is InChI=1S/C22H26N2O6S/c1-13(2)10-18(21(28)23-16-6-4-14(5-7-16)22(29)30-3)24-20(27)17(11-19(25)26)15-8-9-31-12-15/h4-9,12-13,17-18H,10-11H2,1-3H3,(H,23,28)(H,24,27)(H,25,26). The second kappa shape index (κ2) is 11.3. The number of carbonyl (C=O) groups is 4. The highest BCUT2D eigenvalue weighted by Crippen LogP contribution is 2.23. The van der Waals surface area contributed by atoms with Gasteiger partial charge in [0, 0.05) is 5.69 Å². The van der Waals surface area contributed by atoms with Crippen molar-refractivity contribution in [2.75, 3.05) is 12.4 Å². The summed E-state index contributed by atoms with van der Waals surface area (Å²) in [6.45, 7) is 3.84. The molecule has 0 spiro atoms. The number of carboxylic acid groups (broad SMARTS) is 1. The number of amides is 2. The topological polar surface area (TPSA) is 122 Å². The monoisotopic (exact) mass is 446 g/mol. The Hall–Kier alpha value is -3.20. The quantitative estimate of drug-likeness (QED) is 0.482. The second-order valence-corrected chi connectivity index (χ2v) is 8.24. The van der Waals surface area contributed by atoms with Crippen LogP contribution >= 0.6 is 11.3 Å². The Balaban J connectivity index is 2.14. The smallest absolute Gasteiger partial charge is 0.337 e. The summed E-state index contributed by atoms with van der Waals surface area (Å²) in [6, 6.07) is 7.04. The van der Waals surface area contributed by atoms with Crippen LogP contribution in [0.25, 0.3) is 0 Å². The number of esters is 1. The summed E-state index contributed by atoms with van der Waals surface area (Å²) < 4.78 is 4.65. The lowest BCUT2D eigenvalue weighted by Gasteiger charge is -2.23. The van der Waals surface area contributed by atoms with Crippen LogP contribution in [0.3, 0.4) is 0 Å². The van der Waals surface area contributed by atoms with Crippen molar-refractivity contribution in [3.8, 4) is 0 Å². The predicted molar refractivity (Wildman–Crippen MR) is 117 cm³/mol. The van der Waals surface area contributed by atoms with E-state index in [-0.39, 0.29) is 12.3 Å². The van der Waals surface area contributed by atoms with Gasteiger partial charge in [0.1, 0.15) is 6.04 Å². The van der Waals surface area contributed by atoms with Gasteiger partial charge in [0.2, 0.25) is 11.8 Å². The number of carbonyl (C=O) groups excluding carboxylic acids is 3. The highest BCUT2D eigenvalue weighted by molar-refractivity contribution is 7.08. The molecule has 2 rings (SSSR count). The van der Waals surface area contributed by atoms with Crippen LogP contribution in [0.2, 0.25) is 0 Å². The number of benzene rings is 1. The average Bonchev–Trinajstić information content (AvgIpc) is 3.25. The van der Waals surface area contributed by atoms with E-state index in [2.05, 4.69) is 15.4 Å². The van der Waals surface area contributed by atoms with Gasteiger partial charge in [-0.3, -0.25) is 14.4 Å². The van der Waals surface area contributed by atoms with E-state index in [0.717, 1.165) is 0 Å². The normalized spacial score (nSPS) is 12.6. The van der Waals surface area contributed by atoms with E-state index in [1.54, 1.807) is 29.0 Å². The fourth-order valence-corrected chi connectivity index (χ4v) is 3.74. The molecular weight excluding hydrogens is 420 g/mol. The molecule has 2 atom stereocenters. The zero-order valence-electron chi connectivity index (χ0n) is 17.6. The van der Waals surface area contributed by atoms with Gasteiger partial charge in [0.05, 0.1) is 25.0 Å². The first-order valence-corrected chi connectivity index (χ1v) is 10.7. The maximum atomic E-state index is 12.9. The van der Waals surface area contributed by atoms with Crippen LogP contribution in [0.15, 0.2) is 41.1 Å².